The van der Waals surface area contributed by atoms with Crippen molar-refractivity contribution in [3.63, 3.8) is 0 Å². The predicted molar refractivity (Wildman–Crippen MR) is 123 cm³/mol. The van der Waals surface area contributed by atoms with Crippen LogP contribution in [0.15, 0.2) is 59.7 Å². The molecule has 2 heterocycles. The fourth-order valence-corrected chi connectivity index (χ4v) is 4.60. The number of benzene rings is 2. The van der Waals surface area contributed by atoms with Crippen molar-refractivity contribution in [1.82, 2.24) is 9.55 Å². The number of rotatable bonds is 5. The smallest absolute Gasteiger partial charge is 0.266 e. The van der Waals surface area contributed by atoms with Crippen molar-refractivity contribution in [2.75, 3.05) is 5.32 Å². The van der Waals surface area contributed by atoms with Crippen LogP contribution in [0.25, 0.3) is 10.2 Å². The highest BCUT2D eigenvalue weighted by Gasteiger charge is 2.20. The standard InChI is InChI=1S/C24H23N3O2S/c1-15-9-10-19(16(2)13-15)26-22(28)21-17(3)20-23(30-21)25-14-27(24(20)29)12-11-18-7-5-4-6-8-18/h4-10,13-14H,11-12H2,1-3H3,(H,26,28). The highest BCUT2D eigenvalue weighted by atomic mass is 32.1. The average Bonchev–Trinajstić information content (AvgIpc) is 3.08. The molecule has 0 fully saturated rings. The van der Waals surface area contributed by atoms with Gasteiger partial charge in [-0.05, 0) is 49.9 Å². The summed E-state index contributed by atoms with van der Waals surface area (Å²) in [6.45, 7) is 6.35. The summed E-state index contributed by atoms with van der Waals surface area (Å²) >= 11 is 1.26. The molecule has 0 unspecified atom stereocenters. The third-order valence-corrected chi connectivity index (χ3v) is 6.44. The first-order chi connectivity index (χ1) is 14.4. The molecule has 0 saturated heterocycles. The van der Waals surface area contributed by atoms with Crippen LogP contribution in [0.4, 0.5) is 5.69 Å². The van der Waals surface area contributed by atoms with E-state index in [-0.39, 0.29) is 11.5 Å². The van der Waals surface area contributed by atoms with E-state index in [9.17, 15) is 9.59 Å². The summed E-state index contributed by atoms with van der Waals surface area (Å²) in [7, 11) is 0. The molecular weight excluding hydrogens is 394 g/mol. The van der Waals surface area contributed by atoms with Gasteiger partial charge in [0.15, 0.2) is 0 Å². The van der Waals surface area contributed by atoms with Gasteiger partial charge in [0.25, 0.3) is 11.5 Å². The lowest BCUT2D eigenvalue weighted by molar-refractivity contribution is 0.103. The lowest BCUT2D eigenvalue weighted by Crippen LogP contribution is -2.21. The maximum absolute atomic E-state index is 13.1. The minimum atomic E-state index is -0.210. The van der Waals surface area contributed by atoms with Gasteiger partial charge in [0.1, 0.15) is 4.83 Å². The summed E-state index contributed by atoms with van der Waals surface area (Å²) in [6.07, 6.45) is 2.33. The summed E-state index contributed by atoms with van der Waals surface area (Å²) < 4.78 is 1.63. The number of carbonyl (C=O) groups excluding carboxylic acids is 1. The molecule has 0 aliphatic heterocycles. The third kappa shape index (κ3) is 3.91. The number of hydrogen-bond acceptors (Lipinski definition) is 4. The SMILES string of the molecule is Cc1ccc(NC(=O)c2sc3ncn(CCc4ccccc4)c(=O)c3c2C)c(C)c1. The number of amides is 1. The number of anilines is 1. The predicted octanol–water partition coefficient (Wildman–Crippen LogP) is 4.88. The molecule has 4 aromatic rings. The highest BCUT2D eigenvalue weighted by molar-refractivity contribution is 7.20. The van der Waals surface area contributed by atoms with Crippen LogP contribution in [0.3, 0.4) is 0 Å². The Hall–Kier alpha value is -3.25. The Balaban J connectivity index is 1.62. The molecule has 152 valence electrons. The molecule has 2 aromatic carbocycles. The number of carbonyl (C=O) groups is 1. The van der Waals surface area contributed by atoms with Crippen molar-refractivity contribution < 1.29 is 4.79 Å². The van der Waals surface area contributed by atoms with E-state index in [2.05, 4.69) is 10.3 Å². The molecule has 2 aromatic heterocycles. The molecule has 1 amide bonds. The maximum atomic E-state index is 13.1. The van der Waals surface area contributed by atoms with Gasteiger partial charge in [0.05, 0.1) is 16.6 Å². The molecule has 0 atom stereocenters. The molecule has 5 nitrogen and oxygen atoms in total. The summed E-state index contributed by atoms with van der Waals surface area (Å²) in [4.78, 5) is 31.5. The molecular formula is C24H23N3O2S. The van der Waals surface area contributed by atoms with Crippen LogP contribution in [0.5, 0.6) is 0 Å². The Morgan fingerprint density at radius 3 is 2.60 bits per heavy atom. The van der Waals surface area contributed by atoms with E-state index in [0.717, 1.165) is 23.2 Å². The van der Waals surface area contributed by atoms with Gasteiger partial charge in [-0.3, -0.25) is 14.2 Å². The van der Waals surface area contributed by atoms with Crippen molar-refractivity contribution in [2.24, 2.45) is 0 Å². The van der Waals surface area contributed by atoms with E-state index in [4.69, 9.17) is 0 Å². The van der Waals surface area contributed by atoms with Crippen LogP contribution in [0.1, 0.15) is 31.9 Å². The Bertz CT molecular complexity index is 1290. The van der Waals surface area contributed by atoms with Gasteiger partial charge in [-0.15, -0.1) is 11.3 Å². The van der Waals surface area contributed by atoms with E-state index < -0.39 is 0 Å². The van der Waals surface area contributed by atoms with Crippen molar-refractivity contribution in [3.05, 3.63) is 92.3 Å². The van der Waals surface area contributed by atoms with Crippen LogP contribution >= 0.6 is 11.3 Å². The summed E-state index contributed by atoms with van der Waals surface area (Å²) in [5.74, 6) is -0.210. The molecule has 0 spiro atoms. The van der Waals surface area contributed by atoms with Gasteiger partial charge >= 0.3 is 0 Å². The number of thiophene rings is 1. The molecule has 0 saturated carbocycles. The number of aromatic nitrogens is 2. The first-order valence-corrected chi connectivity index (χ1v) is 10.7. The van der Waals surface area contributed by atoms with Crippen LogP contribution < -0.4 is 10.9 Å². The Kier molecular flexibility index (Phi) is 5.50. The monoisotopic (exact) mass is 417 g/mol. The van der Waals surface area contributed by atoms with Gasteiger partial charge in [0, 0.05) is 12.2 Å². The van der Waals surface area contributed by atoms with E-state index in [0.29, 0.717) is 27.2 Å². The zero-order valence-corrected chi connectivity index (χ0v) is 18.0. The largest absolute Gasteiger partial charge is 0.321 e. The summed E-state index contributed by atoms with van der Waals surface area (Å²) in [5.41, 5.74) is 4.67. The van der Waals surface area contributed by atoms with E-state index in [1.54, 1.807) is 10.9 Å². The zero-order valence-electron chi connectivity index (χ0n) is 17.2. The van der Waals surface area contributed by atoms with Crippen molar-refractivity contribution in [1.29, 1.82) is 0 Å². The molecule has 30 heavy (non-hydrogen) atoms. The fraction of sp³-hybridized carbons (Fsp3) is 0.208. The van der Waals surface area contributed by atoms with Crippen LogP contribution in [-0.2, 0) is 13.0 Å². The molecule has 0 aliphatic rings. The molecule has 0 radical (unpaired) electrons. The van der Waals surface area contributed by atoms with Crippen LogP contribution in [-0.4, -0.2) is 15.5 Å². The van der Waals surface area contributed by atoms with Crippen LogP contribution in [0, 0.1) is 20.8 Å². The quantitative estimate of drug-likeness (QED) is 0.503. The number of aryl methyl sites for hydroxylation is 5. The molecule has 0 bridgehead atoms. The Labute approximate surface area is 179 Å². The fourth-order valence-electron chi connectivity index (χ4n) is 3.56. The Morgan fingerprint density at radius 1 is 1.10 bits per heavy atom. The minimum absolute atomic E-state index is 0.102. The second-order valence-electron chi connectivity index (χ2n) is 7.49. The normalized spacial score (nSPS) is 11.0. The summed E-state index contributed by atoms with van der Waals surface area (Å²) in [6, 6.07) is 15.9. The van der Waals surface area contributed by atoms with Crippen molar-refractivity contribution >= 4 is 33.1 Å². The topological polar surface area (TPSA) is 64.0 Å². The third-order valence-electron chi connectivity index (χ3n) is 5.24. The Morgan fingerprint density at radius 2 is 1.87 bits per heavy atom. The van der Waals surface area contributed by atoms with E-state index in [1.165, 1.54) is 16.9 Å². The molecule has 1 N–H and O–H groups in total. The number of fused-ring (bicyclic) bond motifs is 1. The molecule has 4 rings (SSSR count). The second kappa shape index (κ2) is 8.24. The van der Waals surface area contributed by atoms with Crippen LogP contribution in [0.2, 0.25) is 0 Å². The maximum Gasteiger partial charge on any atom is 0.266 e. The molecule has 6 heteroatoms. The van der Waals surface area contributed by atoms with Gasteiger partial charge in [0.2, 0.25) is 0 Å². The van der Waals surface area contributed by atoms with Crippen molar-refractivity contribution in [2.45, 2.75) is 33.7 Å². The first kappa shape index (κ1) is 20.0. The van der Waals surface area contributed by atoms with Gasteiger partial charge in [-0.25, -0.2) is 4.98 Å². The zero-order chi connectivity index (χ0) is 21.3. The van der Waals surface area contributed by atoms with Gasteiger partial charge in [-0.1, -0.05) is 48.0 Å². The summed E-state index contributed by atoms with van der Waals surface area (Å²) in [5, 5.41) is 3.50. The lowest BCUT2D eigenvalue weighted by atomic mass is 10.1. The lowest BCUT2D eigenvalue weighted by Gasteiger charge is -2.08. The second-order valence-corrected chi connectivity index (χ2v) is 8.49. The first-order valence-electron chi connectivity index (χ1n) is 9.85. The minimum Gasteiger partial charge on any atom is -0.321 e. The van der Waals surface area contributed by atoms with Gasteiger partial charge < -0.3 is 5.32 Å². The van der Waals surface area contributed by atoms with Crippen molar-refractivity contribution in [3.8, 4) is 0 Å². The van der Waals surface area contributed by atoms with E-state index in [1.807, 2.05) is 69.3 Å². The highest BCUT2D eigenvalue weighted by Crippen LogP contribution is 2.28. The van der Waals surface area contributed by atoms with Gasteiger partial charge in [-0.2, -0.15) is 0 Å². The average molecular weight is 418 g/mol. The number of hydrogen-bond donors (Lipinski definition) is 1. The van der Waals surface area contributed by atoms with E-state index >= 15 is 0 Å². The number of nitrogens with zero attached hydrogens (tertiary/aromatic N) is 2. The molecule has 0 aliphatic carbocycles. The number of nitrogens with one attached hydrogen (secondary N) is 1.